The van der Waals surface area contributed by atoms with Crippen LogP contribution in [0, 0.1) is 0 Å². The van der Waals surface area contributed by atoms with Gasteiger partial charge in [0.1, 0.15) is 0 Å². The van der Waals surface area contributed by atoms with Gasteiger partial charge in [-0.15, -0.1) is 0 Å². The maximum atomic E-state index is 12.5. The number of benzene rings is 2. The van der Waals surface area contributed by atoms with Gasteiger partial charge in [0, 0.05) is 25.3 Å². The molecular formula is C21H24N2O6S. The second-order valence-corrected chi connectivity index (χ2v) is 8.98. The lowest BCUT2D eigenvalue weighted by atomic mass is 10.1. The van der Waals surface area contributed by atoms with E-state index in [1.165, 1.54) is 12.1 Å². The Morgan fingerprint density at radius 2 is 1.97 bits per heavy atom. The van der Waals surface area contributed by atoms with Crippen molar-refractivity contribution in [1.29, 1.82) is 0 Å². The predicted octanol–water partition coefficient (Wildman–Crippen LogP) is 1.85. The Balaban J connectivity index is 1.32. The van der Waals surface area contributed by atoms with Gasteiger partial charge in [-0.1, -0.05) is 12.1 Å². The summed E-state index contributed by atoms with van der Waals surface area (Å²) in [5.74, 6) is 1.09. The van der Waals surface area contributed by atoms with E-state index in [4.69, 9.17) is 14.2 Å². The van der Waals surface area contributed by atoms with Crippen LogP contribution >= 0.6 is 0 Å². The number of rotatable bonds is 8. The van der Waals surface area contributed by atoms with Crippen molar-refractivity contribution >= 4 is 15.9 Å². The first kappa shape index (κ1) is 20.6. The summed E-state index contributed by atoms with van der Waals surface area (Å²) in [5.41, 5.74) is 1.30. The summed E-state index contributed by atoms with van der Waals surface area (Å²) in [6.45, 7) is 1.52. The van der Waals surface area contributed by atoms with Crippen molar-refractivity contribution in [2.24, 2.45) is 0 Å². The monoisotopic (exact) mass is 432 g/mol. The zero-order valence-corrected chi connectivity index (χ0v) is 17.2. The number of ether oxygens (including phenoxy) is 3. The van der Waals surface area contributed by atoms with Gasteiger partial charge in [-0.05, 0) is 55.2 Å². The van der Waals surface area contributed by atoms with E-state index in [1.54, 1.807) is 12.1 Å². The lowest BCUT2D eigenvalue weighted by Crippen LogP contribution is -2.32. The van der Waals surface area contributed by atoms with Crippen LogP contribution in [0.1, 0.15) is 28.8 Å². The third-order valence-electron chi connectivity index (χ3n) is 5.07. The average Bonchev–Trinajstić information content (AvgIpc) is 3.44. The molecule has 1 amide bonds. The summed E-state index contributed by atoms with van der Waals surface area (Å²) in [6.07, 6.45) is 2.30. The van der Waals surface area contributed by atoms with Gasteiger partial charge in [0.15, 0.2) is 11.5 Å². The average molecular weight is 432 g/mol. The molecule has 2 N–H and O–H groups in total. The smallest absolute Gasteiger partial charge is 0.251 e. The lowest BCUT2D eigenvalue weighted by Gasteiger charge is -2.12. The molecule has 1 saturated heterocycles. The van der Waals surface area contributed by atoms with Gasteiger partial charge in [0.2, 0.25) is 16.8 Å². The molecule has 8 nitrogen and oxygen atoms in total. The first-order chi connectivity index (χ1) is 14.5. The lowest BCUT2D eigenvalue weighted by molar-refractivity contribution is 0.0954. The van der Waals surface area contributed by atoms with E-state index in [0.717, 1.165) is 18.4 Å². The topological polar surface area (TPSA) is 103 Å². The molecule has 0 radical (unpaired) electrons. The molecule has 1 unspecified atom stereocenters. The third kappa shape index (κ3) is 4.92. The normalized spacial score (nSPS) is 17.8. The van der Waals surface area contributed by atoms with Crippen molar-refractivity contribution in [1.82, 2.24) is 10.0 Å². The first-order valence-electron chi connectivity index (χ1n) is 9.89. The zero-order valence-electron chi connectivity index (χ0n) is 16.4. The molecule has 0 bridgehead atoms. The van der Waals surface area contributed by atoms with Crippen LogP contribution in [0.4, 0.5) is 0 Å². The van der Waals surface area contributed by atoms with Crippen LogP contribution in [0.15, 0.2) is 47.4 Å². The highest BCUT2D eigenvalue weighted by molar-refractivity contribution is 7.89. The quantitative estimate of drug-likeness (QED) is 0.660. The van der Waals surface area contributed by atoms with E-state index in [-0.39, 0.29) is 30.2 Å². The number of carbonyl (C=O) groups excluding carboxylic acids is 1. The number of amides is 1. The third-order valence-corrected chi connectivity index (χ3v) is 6.49. The molecule has 2 aromatic rings. The van der Waals surface area contributed by atoms with E-state index in [2.05, 4.69) is 10.0 Å². The fraction of sp³-hybridized carbons (Fsp3) is 0.381. The van der Waals surface area contributed by atoms with E-state index < -0.39 is 10.0 Å². The molecule has 9 heteroatoms. The number of carbonyl (C=O) groups is 1. The van der Waals surface area contributed by atoms with Crippen LogP contribution in [-0.4, -0.2) is 46.9 Å². The number of sulfonamides is 1. The number of nitrogens with one attached hydrogen (secondary N) is 2. The van der Waals surface area contributed by atoms with Crippen LogP contribution in [0.2, 0.25) is 0 Å². The van der Waals surface area contributed by atoms with Gasteiger partial charge < -0.3 is 19.5 Å². The molecule has 4 rings (SSSR count). The molecule has 2 aliphatic rings. The summed E-state index contributed by atoms with van der Waals surface area (Å²) in [4.78, 5) is 12.5. The molecule has 2 aliphatic heterocycles. The highest BCUT2D eigenvalue weighted by Crippen LogP contribution is 2.32. The van der Waals surface area contributed by atoms with E-state index in [9.17, 15) is 13.2 Å². The molecule has 0 spiro atoms. The summed E-state index contributed by atoms with van der Waals surface area (Å²) in [5, 5.41) is 2.82. The largest absolute Gasteiger partial charge is 0.454 e. The molecule has 1 fully saturated rings. The van der Waals surface area contributed by atoms with Crippen LogP contribution in [0.3, 0.4) is 0 Å². The van der Waals surface area contributed by atoms with Gasteiger partial charge in [0.25, 0.3) is 5.91 Å². The Morgan fingerprint density at radius 1 is 1.10 bits per heavy atom. The molecule has 2 heterocycles. The Morgan fingerprint density at radius 3 is 2.80 bits per heavy atom. The van der Waals surface area contributed by atoms with Crippen LogP contribution < -0.4 is 19.5 Å². The van der Waals surface area contributed by atoms with E-state index in [0.29, 0.717) is 36.6 Å². The molecular weight excluding hydrogens is 408 g/mol. The first-order valence-corrected chi connectivity index (χ1v) is 11.4. The van der Waals surface area contributed by atoms with Crippen molar-refractivity contribution in [3.8, 4) is 11.5 Å². The molecule has 2 aromatic carbocycles. The van der Waals surface area contributed by atoms with Crippen LogP contribution in [0.5, 0.6) is 11.5 Å². The minimum Gasteiger partial charge on any atom is -0.454 e. The Kier molecular flexibility index (Phi) is 6.21. The molecule has 160 valence electrons. The minimum atomic E-state index is -3.71. The minimum absolute atomic E-state index is 0.0592. The summed E-state index contributed by atoms with van der Waals surface area (Å²) < 4.78 is 43.7. The SMILES string of the molecule is O=C(NCCc1ccc2c(c1)OCO2)c1cccc(S(=O)(=O)NCC2CCCO2)c1. The van der Waals surface area contributed by atoms with Crippen molar-refractivity contribution in [3.63, 3.8) is 0 Å². The van der Waals surface area contributed by atoms with E-state index in [1.807, 2.05) is 18.2 Å². The van der Waals surface area contributed by atoms with Crippen molar-refractivity contribution in [2.75, 3.05) is 26.5 Å². The number of hydrogen-bond acceptors (Lipinski definition) is 6. The maximum Gasteiger partial charge on any atom is 0.251 e. The van der Waals surface area contributed by atoms with Gasteiger partial charge >= 0.3 is 0 Å². The highest BCUT2D eigenvalue weighted by atomic mass is 32.2. The summed E-state index contributed by atoms with van der Waals surface area (Å²) in [7, 11) is -3.71. The second kappa shape index (κ2) is 9.03. The molecule has 0 saturated carbocycles. The van der Waals surface area contributed by atoms with E-state index >= 15 is 0 Å². The van der Waals surface area contributed by atoms with Crippen molar-refractivity contribution < 1.29 is 27.4 Å². The van der Waals surface area contributed by atoms with Gasteiger partial charge in [0.05, 0.1) is 11.0 Å². The molecule has 30 heavy (non-hydrogen) atoms. The predicted molar refractivity (Wildman–Crippen MR) is 109 cm³/mol. The van der Waals surface area contributed by atoms with Crippen LogP contribution in [-0.2, 0) is 21.2 Å². The number of hydrogen-bond donors (Lipinski definition) is 2. The molecule has 1 atom stereocenters. The van der Waals surface area contributed by atoms with Gasteiger partial charge in [-0.2, -0.15) is 0 Å². The second-order valence-electron chi connectivity index (χ2n) is 7.21. The zero-order chi connectivity index (χ0) is 21.0. The maximum absolute atomic E-state index is 12.5. The standard InChI is InChI=1S/C21H24N2O6S/c24-21(22-9-8-15-6-7-19-20(11-15)29-14-28-19)16-3-1-5-18(12-16)30(25,26)23-13-17-4-2-10-27-17/h1,3,5-7,11-12,17,23H,2,4,8-10,13-14H2,(H,22,24). The Hall–Kier alpha value is -2.62. The van der Waals surface area contributed by atoms with Gasteiger partial charge in [-0.25, -0.2) is 13.1 Å². The van der Waals surface area contributed by atoms with Crippen molar-refractivity contribution in [3.05, 3.63) is 53.6 Å². The Labute approximate surface area is 175 Å². The summed E-state index contributed by atoms with van der Waals surface area (Å²) in [6, 6.07) is 11.7. The molecule has 0 aromatic heterocycles. The fourth-order valence-corrected chi connectivity index (χ4v) is 4.53. The summed E-state index contributed by atoms with van der Waals surface area (Å²) >= 11 is 0. The molecule has 0 aliphatic carbocycles. The van der Waals surface area contributed by atoms with Gasteiger partial charge in [-0.3, -0.25) is 4.79 Å². The number of fused-ring (bicyclic) bond motifs is 1. The van der Waals surface area contributed by atoms with Crippen molar-refractivity contribution in [2.45, 2.75) is 30.3 Å². The van der Waals surface area contributed by atoms with Crippen LogP contribution in [0.25, 0.3) is 0 Å². The Bertz CT molecular complexity index is 1020. The fourth-order valence-electron chi connectivity index (χ4n) is 3.41. The highest BCUT2D eigenvalue weighted by Gasteiger charge is 2.21.